The first-order valence-electron chi connectivity index (χ1n) is 10.1. The molecule has 0 heterocycles. The van der Waals surface area contributed by atoms with Crippen LogP contribution in [0.3, 0.4) is 0 Å². The number of nitriles is 1. The molecule has 0 saturated carbocycles. The second-order valence-electron chi connectivity index (χ2n) is 7.27. The average molecular weight is 308 g/mol. The second kappa shape index (κ2) is 15.4. The Bertz CT molecular complexity index is 266. The maximum atomic E-state index is 9.35. The summed E-state index contributed by atoms with van der Waals surface area (Å²) in [6, 6.07) is 2.53. The Morgan fingerprint density at radius 3 is 1.41 bits per heavy atom. The lowest BCUT2D eigenvalue weighted by Crippen LogP contribution is -2.21. The largest absolute Gasteiger partial charge is 0.198 e. The van der Waals surface area contributed by atoms with Crippen molar-refractivity contribution >= 4 is 0 Å². The van der Waals surface area contributed by atoms with Crippen molar-refractivity contribution in [1.82, 2.24) is 0 Å². The number of hydrogen-bond donors (Lipinski definition) is 0. The van der Waals surface area contributed by atoms with Crippen molar-refractivity contribution in [3.8, 4) is 6.07 Å². The first-order chi connectivity index (χ1) is 10.7. The minimum atomic E-state index is 0.337. The highest BCUT2D eigenvalue weighted by atomic mass is 14.4. The molecule has 22 heavy (non-hydrogen) atoms. The fourth-order valence-corrected chi connectivity index (χ4v) is 3.59. The van der Waals surface area contributed by atoms with Crippen LogP contribution < -0.4 is 0 Å². The van der Waals surface area contributed by atoms with Crippen molar-refractivity contribution in [1.29, 1.82) is 5.26 Å². The summed E-state index contributed by atoms with van der Waals surface area (Å²) in [6.45, 7) is 6.83. The zero-order valence-electron chi connectivity index (χ0n) is 15.8. The Morgan fingerprint density at radius 1 is 0.591 bits per heavy atom. The molecule has 0 aromatic heterocycles. The van der Waals surface area contributed by atoms with E-state index in [2.05, 4.69) is 26.8 Å². The highest BCUT2D eigenvalue weighted by Gasteiger charge is 2.28. The van der Waals surface area contributed by atoms with Crippen LogP contribution in [-0.2, 0) is 0 Å². The molecule has 0 aliphatic carbocycles. The fraction of sp³-hybridized carbons (Fsp3) is 0.952. The van der Waals surface area contributed by atoms with Gasteiger partial charge in [0.1, 0.15) is 0 Å². The van der Waals surface area contributed by atoms with Gasteiger partial charge in [0.05, 0.1) is 6.07 Å². The zero-order valence-corrected chi connectivity index (χ0v) is 15.8. The molecule has 1 atom stereocenters. The van der Waals surface area contributed by atoms with Gasteiger partial charge < -0.3 is 0 Å². The minimum absolute atomic E-state index is 0.337. The van der Waals surface area contributed by atoms with Gasteiger partial charge in [0.15, 0.2) is 0 Å². The fourth-order valence-electron chi connectivity index (χ4n) is 3.59. The predicted molar refractivity (Wildman–Crippen MR) is 98.9 cm³/mol. The van der Waals surface area contributed by atoms with Gasteiger partial charge in [-0.05, 0) is 24.7 Å². The molecule has 0 fully saturated rings. The van der Waals surface area contributed by atoms with E-state index in [4.69, 9.17) is 0 Å². The standard InChI is InChI=1S/C21H41N/c1-4-7-10-12-15-18-21(19-20-22,16-13-9-6-3)17-14-11-8-5-2/h4-19H2,1-3H3/t21-/m0/s1. The first-order valence-corrected chi connectivity index (χ1v) is 10.1. The normalized spacial score (nSPS) is 13.7. The molecule has 0 aromatic rings. The van der Waals surface area contributed by atoms with E-state index in [0.29, 0.717) is 5.41 Å². The van der Waals surface area contributed by atoms with Gasteiger partial charge >= 0.3 is 0 Å². The van der Waals surface area contributed by atoms with E-state index in [0.717, 1.165) is 6.42 Å². The van der Waals surface area contributed by atoms with Gasteiger partial charge in [0.25, 0.3) is 0 Å². The van der Waals surface area contributed by atoms with E-state index in [-0.39, 0.29) is 0 Å². The molecular weight excluding hydrogens is 266 g/mol. The number of rotatable bonds is 16. The summed E-state index contributed by atoms with van der Waals surface area (Å²) in [7, 11) is 0. The third-order valence-corrected chi connectivity index (χ3v) is 5.14. The van der Waals surface area contributed by atoms with Crippen molar-refractivity contribution in [2.45, 2.75) is 124 Å². The van der Waals surface area contributed by atoms with Crippen LogP contribution in [0.5, 0.6) is 0 Å². The summed E-state index contributed by atoms with van der Waals surface area (Å²) >= 11 is 0. The molecule has 0 radical (unpaired) electrons. The van der Waals surface area contributed by atoms with Crippen LogP contribution in [-0.4, -0.2) is 0 Å². The Balaban J connectivity index is 4.40. The molecular formula is C21H41N. The lowest BCUT2D eigenvalue weighted by molar-refractivity contribution is 0.200. The molecule has 1 heteroatoms. The summed E-state index contributed by atoms with van der Waals surface area (Å²) in [5, 5.41) is 9.35. The van der Waals surface area contributed by atoms with E-state index >= 15 is 0 Å². The molecule has 0 unspecified atom stereocenters. The Kier molecular flexibility index (Phi) is 15.0. The van der Waals surface area contributed by atoms with Gasteiger partial charge in [0.2, 0.25) is 0 Å². The van der Waals surface area contributed by atoms with Crippen LogP contribution >= 0.6 is 0 Å². The average Bonchev–Trinajstić information content (AvgIpc) is 2.52. The van der Waals surface area contributed by atoms with Crippen LogP contribution in [0.15, 0.2) is 0 Å². The molecule has 0 aromatic carbocycles. The first kappa shape index (κ1) is 21.5. The summed E-state index contributed by atoms with van der Waals surface area (Å²) in [4.78, 5) is 0. The van der Waals surface area contributed by atoms with Crippen LogP contribution in [0.4, 0.5) is 0 Å². The Morgan fingerprint density at radius 2 is 0.955 bits per heavy atom. The molecule has 0 N–H and O–H groups in total. The van der Waals surface area contributed by atoms with Gasteiger partial charge in [-0.2, -0.15) is 5.26 Å². The predicted octanol–water partition coefficient (Wildman–Crippen LogP) is 7.80. The molecule has 0 bridgehead atoms. The molecule has 0 rings (SSSR count). The number of hydrogen-bond acceptors (Lipinski definition) is 1. The quantitative estimate of drug-likeness (QED) is 0.267. The Hall–Kier alpha value is -0.510. The number of unbranched alkanes of at least 4 members (excludes halogenated alkanes) is 9. The van der Waals surface area contributed by atoms with Crippen molar-refractivity contribution in [3.63, 3.8) is 0 Å². The maximum Gasteiger partial charge on any atom is 0.0627 e. The van der Waals surface area contributed by atoms with E-state index in [1.54, 1.807) is 0 Å². The van der Waals surface area contributed by atoms with Crippen LogP contribution in [0.25, 0.3) is 0 Å². The van der Waals surface area contributed by atoms with E-state index < -0.39 is 0 Å². The summed E-state index contributed by atoms with van der Waals surface area (Å²) in [5.74, 6) is 0. The Labute approximate surface area is 140 Å². The summed E-state index contributed by atoms with van der Waals surface area (Å²) in [5.41, 5.74) is 0.337. The topological polar surface area (TPSA) is 23.8 Å². The second-order valence-corrected chi connectivity index (χ2v) is 7.27. The molecule has 130 valence electrons. The molecule has 0 aliphatic rings. The summed E-state index contributed by atoms with van der Waals surface area (Å²) in [6.07, 6.45) is 20.7. The van der Waals surface area contributed by atoms with Gasteiger partial charge in [-0.1, -0.05) is 97.8 Å². The highest BCUT2D eigenvalue weighted by molar-refractivity contribution is 4.89. The van der Waals surface area contributed by atoms with Crippen molar-refractivity contribution in [2.75, 3.05) is 0 Å². The molecule has 0 spiro atoms. The van der Waals surface area contributed by atoms with Crippen LogP contribution in [0.2, 0.25) is 0 Å². The van der Waals surface area contributed by atoms with Crippen molar-refractivity contribution in [2.24, 2.45) is 5.41 Å². The van der Waals surface area contributed by atoms with E-state index in [1.807, 2.05) is 0 Å². The monoisotopic (exact) mass is 307 g/mol. The molecule has 0 saturated heterocycles. The third kappa shape index (κ3) is 11.1. The number of nitrogens with zero attached hydrogens (tertiary/aromatic N) is 1. The lowest BCUT2D eigenvalue weighted by atomic mass is 9.72. The summed E-state index contributed by atoms with van der Waals surface area (Å²) < 4.78 is 0. The zero-order chi connectivity index (χ0) is 16.5. The van der Waals surface area contributed by atoms with Gasteiger partial charge in [-0.3, -0.25) is 0 Å². The van der Waals surface area contributed by atoms with Gasteiger partial charge in [-0.25, -0.2) is 0 Å². The third-order valence-electron chi connectivity index (χ3n) is 5.14. The molecule has 0 aliphatic heterocycles. The van der Waals surface area contributed by atoms with Crippen LogP contribution in [0, 0.1) is 16.7 Å². The smallest absolute Gasteiger partial charge is 0.0627 e. The van der Waals surface area contributed by atoms with Crippen molar-refractivity contribution < 1.29 is 0 Å². The minimum Gasteiger partial charge on any atom is -0.198 e. The lowest BCUT2D eigenvalue weighted by Gasteiger charge is -2.32. The highest BCUT2D eigenvalue weighted by Crippen LogP contribution is 2.40. The maximum absolute atomic E-state index is 9.35. The molecule has 0 amide bonds. The van der Waals surface area contributed by atoms with Gasteiger partial charge in [-0.15, -0.1) is 0 Å². The molecule has 1 nitrogen and oxygen atoms in total. The van der Waals surface area contributed by atoms with E-state index in [1.165, 1.54) is 96.3 Å². The van der Waals surface area contributed by atoms with Crippen LogP contribution in [0.1, 0.15) is 124 Å². The van der Waals surface area contributed by atoms with E-state index in [9.17, 15) is 5.26 Å². The SMILES string of the molecule is CCCCCCC[C@](CC#N)(CCCCC)CCCCCC. The van der Waals surface area contributed by atoms with Gasteiger partial charge in [0, 0.05) is 6.42 Å². The van der Waals surface area contributed by atoms with Crippen molar-refractivity contribution in [3.05, 3.63) is 0 Å².